The fourth-order valence-electron chi connectivity index (χ4n) is 3.37. The lowest BCUT2D eigenvalue weighted by Gasteiger charge is -2.25. The van der Waals surface area contributed by atoms with Crippen LogP contribution in [0.15, 0.2) is 58.6 Å². The Bertz CT molecular complexity index is 979. The Hall–Kier alpha value is -2.93. The molecule has 0 aromatic heterocycles. The third-order valence-electron chi connectivity index (χ3n) is 4.84. The molecule has 7 heteroatoms. The minimum atomic E-state index is -0.971. The molecule has 2 aromatic rings. The van der Waals surface area contributed by atoms with Gasteiger partial charge >= 0.3 is 5.97 Å². The van der Waals surface area contributed by atoms with E-state index in [0.717, 1.165) is 10.0 Å². The van der Waals surface area contributed by atoms with Crippen LogP contribution < -0.4 is 0 Å². The number of Topliss-reactive ketones (excluding diaryl/α,β-unsaturated/α-hetero) is 1. The smallest absolute Gasteiger partial charge is 0.303 e. The Morgan fingerprint density at radius 2 is 1.66 bits per heavy atom. The Balaban J connectivity index is 2.08. The summed E-state index contributed by atoms with van der Waals surface area (Å²) in [5.41, 5.74) is 2.12. The van der Waals surface area contributed by atoms with Crippen LogP contribution in [-0.4, -0.2) is 39.3 Å². The van der Waals surface area contributed by atoms with Crippen molar-refractivity contribution in [2.75, 3.05) is 6.54 Å². The molecule has 29 heavy (non-hydrogen) atoms. The van der Waals surface area contributed by atoms with Crippen molar-refractivity contribution in [1.29, 1.82) is 0 Å². The van der Waals surface area contributed by atoms with Crippen LogP contribution in [0.25, 0.3) is 5.76 Å². The van der Waals surface area contributed by atoms with Crippen LogP contribution in [-0.2, 0) is 14.4 Å². The monoisotopic (exact) mass is 457 g/mol. The summed E-state index contributed by atoms with van der Waals surface area (Å²) in [6.45, 7) is 2.01. The standard InChI is InChI=1S/C22H20BrNO5/c1-13-4-6-15(7-5-13)20(27)18-19(14-8-10-16(23)11-9-14)24(22(29)21(18)28)12-2-3-17(25)26/h4-11,19,27H,2-3,12H2,1H3,(H,25,26)/b20-18+. The van der Waals surface area contributed by atoms with Gasteiger partial charge in [-0.05, 0) is 31.0 Å². The number of aliphatic hydroxyl groups is 1. The molecule has 1 aliphatic heterocycles. The van der Waals surface area contributed by atoms with Gasteiger partial charge < -0.3 is 15.1 Å². The highest BCUT2D eigenvalue weighted by atomic mass is 79.9. The van der Waals surface area contributed by atoms with E-state index in [1.165, 1.54) is 4.90 Å². The number of benzene rings is 2. The van der Waals surface area contributed by atoms with Gasteiger partial charge in [-0.25, -0.2) is 0 Å². The molecule has 0 aliphatic carbocycles. The van der Waals surface area contributed by atoms with Crippen molar-refractivity contribution in [3.05, 3.63) is 75.3 Å². The normalized spacial score (nSPS) is 18.3. The number of carboxylic acid groups (broad SMARTS) is 1. The summed E-state index contributed by atoms with van der Waals surface area (Å²) >= 11 is 3.36. The number of nitrogens with zero attached hydrogens (tertiary/aromatic N) is 1. The summed E-state index contributed by atoms with van der Waals surface area (Å²) in [4.78, 5) is 37.7. The number of amides is 1. The Morgan fingerprint density at radius 1 is 1.03 bits per heavy atom. The van der Waals surface area contributed by atoms with Crippen LogP contribution in [0, 0.1) is 6.92 Å². The average molecular weight is 458 g/mol. The summed E-state index contributed by atoms with van der Waals surface area (Å²) in [6.07, 6.45) is 0.0912. The van der Waals surface area contributed by atoms with E-state index in [9.17, 15) is 19.5 Å². The fraction of sp³-hybridized carbons (Fsp3) is 0.227. The third-order valence-corrected chi connectivity index (χ3v) is 5.37. The van der Waals surface area contributed by atoms with Crippen LogP contribution >= 0.6 is 15.9 Å². The van der Waals surface area contributed by atoms with E-state index in [0.29, 0.717) is 11.1 Å². The SMILES string of the molecule is Cc1ccc(/C(O)=C2\C(=O)C(=O)N(CCCC(=O)O)C2c2ccc(Br)cc2)cc1. The number of carbonyl (C=O) groups is 3. The van der Waals surface area contributed by atoms with E-state index in [2.05, 4.69) is 15.9 Å². The van der Waals surface area contributed by atoms with Crippen molar-refractivity contribution in [3.63, 3.8) is 0 Å². The minimum absolute atomic E-state index is 0.0106. The molecule has 6 nitrogen and oxygen atoms in total. The molecule has 1 atom stereocenters. The molecule has 2 aromatic carbocycles. The first-order valence-electron chi connectivity index (χ1n) is 9.12. The molecule has 2 N–H and O–H groups in total. The first-order chi connectivity index (χ1) is 13.8. The largest absolute Gasteiger partial charge is 0.507 e. The van der Waals surface area contributed by atoms with Crippen LogP contribution in [0.4, 0.5) is 0 Å². The predicted molar refractivity (Wildman–Crippen MR) is 111 cm³/mol. The molecular weight excluding hydrogens is 438 g/mol. The summed E-state index contributed by atoms with van der Waals surface area (Å²) in [5.74, 6) is -2.72. The second kappa shape index (κ2) is 8.61. The molecule has 0 radical (unpaired) electrons. The van der Waals surface area contributed by atoms with E-state index in [-0.39, 0.29) is 30.7 Å². The molecule has 150 valence electrons. The van der Waals surface area contributed by atoms with Crippen molar-refractivity contribution in [2.45, 2.75) is 25.8 Å². The van der Waals surface area contributed by atoms with Gasteiger partial charge in [-0.2, -0.15) is 0 Å². The van der Waals surface area contributed by atoms with Gasteiger partial charge in [-0.1, -0.05) is 57.9 Å². The Kier molecular flexibility index (Phi) is 6.17. The lowest BCUT2D eigenvalue weighted by atomic mass is 9.95. The van der Waals surface area contributed by atoms with Gasteiger partial charge in [0.1, 0.15) is 5.76 Å². The number of halogens is 1. The van der Waals surface area contributed by atoms with Gasteiger partial charge in [0.15, 0.2) is 0 Å². The maximum atomic E-state index is 12.8. The second-order valence-electron chi connectivity index (χ2n) is 6.91. The first-order valence-corrected chi connectivity index (χ1v) is 9.91. The number of aliphatic hydroxyl groups excluding tert-OH is 1. The number of aryl methyl sites for hydroxylation is 1. The number of ketones is 1. The van der Waals surface area contributed by atoms with Crippen molar-refractivity contribution in [1.82, 2.24) is 4.90 Å². The third kappa shape index (κ3) is 4.40. The Labute approximate surface area is 176 Å². The highest BCUT2D eigenvalue weighted by molar-refractivity contribution is 9.10. The lowest BCUT2D eigenvalue weighted by Crippen LogP contribution is -2.31. The fourth-order valence-corrected chi connectivity index (χ4v) is 3.63. The van der Waals surface area contributed by atoms with Crippen molar-refractivity contribution >= 4 is 39.3 Å². The van der Waals surface area contributed by atoms with Crippen LogP contribution in [0.1, 0.15) is 35.6 Å². The first kappa shape index (κ1) is 20.8. The summed E-state index contributed by atoms with van der Waals surface area (Å²) in [7, 11) is 0. The number of carbonyl (C=O) groups excluding carboxylic acids is 2. The van der Waals surface area contributed by atoms with Gasteiger partial charge in [0.2, 0.25) is 0 Å². The van der Waals surface area contributed by atoms with Crippen LogP contribution in [0.3, 0.4) is 0 Å². The molecule has 0 bridgehead atoms. The maximum absolute atomic E-state index is 12.8. The molecule has 0 spiro atoms. The number of aliphatic carboxylic acids is 1. The second-order valence-corrected chi connectivity index (χ2v) is 7.82. The lowest BCUT2D eigenvalue weighted by molar-refractivity contribution is -0.140. The highest BCUT2D eigenvalue weighted by Gasteiger charge is 2.45. The van der Waals surface area contributed by atoms with E-state index >= 15 is 0 Å². The molecule has 1 unspecified atom stereocenters. The molecule has 1 fully saturated rings. The zero-order valence-corrected chi connectivity index (χ0v) is 17.3. The molecule has 1 amide bonds. The van der Waals surface area contributed by atoms with E-state index in [1.807, 2.05) is 19.1 Å². The number of hydrogen-bond acceptors (Lipinski definition) is 4. The predicted octanol–water partition coefficient (Wildman–Crippen LogP) is 4.04. The van der Waals surface area contributed by atoms with Gasteiger partial charge in [0.05, 0.1) is 11.6 Å². The zero-order chi connectivity index (χ0) is 21.1. The molecule has 3 rings (SSSR count). The topological polar surface area (TPSA) is 94.9 Å². The van der Waals surface area contributed by atoms with Crippen molar-refractivity contribution in [2.24, 2.45) is 0 Å². The van der Waals surface area contributed by atoms with Gasteiger partial charge in [0, 0.05) is 23.0 Å². The quantitative estimate of drug-likeness (QED) is 0.387. The summed E-state index contributed by atoms with van der Waals surface area (Å²) in [5, 5.41) is 19.8. The van der Waals surface area contributed by atoms with Crippen LogP contribution in [0.2, 0.25) is 0 Å². The molecule has 0 saturated carbocycles. The molecular formula is C22H20BrNO5. The average Bonchev–Trinajstić information content (AvgIpc) is 2.93. The molecule has 1 aliphatic rings. The highest BCUT2D eigenvalue weighted by Crippen LogP contribution is 2.39. The molecule has 1 heterocycles. The summed E-state index contributed by atoms with van der Waals surface area (Å²) in [6, 6.07) is 13.4. The van der Waals surface area contributed by atoms with Crippen molar-refractivity contribution < 1.29 is 24.6 Å². The maximum Gasteiger partial charge on any atom is 0.303 e. The minimum Gasteiger partial charge on any atom is -0.507 e. The molecule has 1 saturated heterocycles. The van der Waals surface area contributed by atoms with E-state index < -0.39 is 23.7 Å². The van der Waals surface area contributed by atoms with Gasteiger partial charge in [0.25, 0.3) is 11.7 Å². The zero-order valence-electron chi connectivity index (χ0n) is 15.8. The van der Waals surface area contributed by atoms with E-state index in [1.54, 1.807) is 36.4 Å². The van der Waals surface area contributed by atoms with E-state index in [4.69, 9.17) is 5.11 Å². The van der Waals surface area contributed by atoms with Crippen molar-refractivity contribution in [3.8, 4) is 0 Å². The number of rotatable bonds is 6. The van der Waals surface area contributed by atoms with Gasteiger partial charge in [-0.15, -0.1) is 0 Å². The van der Waals surface area contributed by atoms with Gasteiger partial charge in [-0.3, -0.25) is 14.4 Å². The number of likely N-dealkylation sites (tertiary alicyclic amines) is 1. The number of carboxylic acids is 1. The van der Waals surface area contributed by atoms with Crippen LogP contribution in [0.5, 0.6) is 0 Å². The number of hydrogen-bond donors (Lipinski definition) is 2. The Morgan fingerprint density at radius 3 is 2.24 bits per heavy atom. The summed E-state index contributed by atoms with van der Waals surface area (Å²) < 4.78 is 0.836.